The predicted molar refractivity (Wildman–Crippen MR) is 76.0 cm³/mol. The maximum atomic E-state index is 12.2. The molecule has 0 spiro atoms. The van der Waals surface area contributed by atoms with Gasteiger partial charge in [0.1, 0.15) is 0 Å². The smallest absolute Gasteiger partial charge is 0.265 e. The van der Waals surface area contributed by atoms with Crippen molar-refractivity contribution in [3.05, 3.63) is 34.9 Å². The van der Waals surface area contributed by atoms with Gasteiger partial charge in [0.25, 0.3) is 5.91 Å². The molecule has 19 heavy (non-hydrogen) atoms. The highest BCUT2D eigenvalue weighted by atomic mass is 16.2. The number of benzene rings is 1. The maximum Gasteiger partial charge on any atom is 0.265 e. The number of carbonyl (C=O) groups is 1. The Balaban J connectivity index is 1.69. The van der Waals surface area contributed by atoms with Crippen LogP contribution in [0.2, 0.25) is 0 Å². The van der Waals surface area contributed by atoms with Crippen LogP contribution in [0.25, 0.3) is 0 Å². The summed E-state index contributed by atoms with van der Waals surface area (Å²) < 4.78 is 0. The van der Waals surface area contributed by atoms with Crippen molar-refractivity contribution in [2.75, 3.05) is 13.1 Å². The van der Waals surface area contributed by atoms with Crippen molar-refractivity contribution >= 4 is 5.91 Å². The van der Waals surface area contributed by atoms with E-state index in [4.69, 9.17) is 0 Å². The molecule has 0 atom stereocenters. The molecule has 3 heteroatoms. The van der Waals surface area contributed by atoms with E-state index in [-0.39, 0.29) is 5.91 Å². The summed E-state index contributed by atoms with van der Waals surface area (Å²) in [6.45, 7) is 1.97. The number of nitrogens with zero attached hydrogens (tertiary/aromatic N) is 1. The van der Waals surface area contributed by atoms with E-state index in [1.165, 1.54) is 49.7 Å². The Kier molecular flexibility index (Phi) is 3.83. The zero-order chi connectivity index (χ0) is 13.1. The lowest BCUT2D eigenvalue weighted by Crippen LogP contribution is -2.45. The van der Waals surface area contributed by atoms with E-state index in [0.29, 0.717) is 0 Å². The van der Waals surface area contributed by atoms with Crippen LogP contribution in [0.1, 0.15) is 53.6 Å². The van der Waals surface area contributed by atoms with Gasteiger partial charge in [-0.1, -0.05) is 12.5 Å². The molecule has 0 bridgehead atoms. The van der Waals surface area contributed by atoms with Crippen LogP contribution in [0.4, 0.5) is 0 Å². The minimum Gasteiger partial charge on any atom is -0.285 e. The van der Waals surface area contributed by atoms with Crippen molar-refractivity contribution in [1.82, 2.24) is 10.4 Å². The number of hydrazine groups is 1. The first kappa shape index (κ1) is 12.7. The van der Waals surface area contributed by atoms with E-state index >= 15 is 0 Å². The van der Waals surface area contributed by atoms with Crippen molar-refractivity contribution in [2.24, 2.45) is 0 Å². The molecule has 1 aliphatic heterocycles. The average Bonchev–Trinajstić information content (AvgIpc) is 2.48. The van der Waals surface area contributed by atoms with Gasteiger partial charge >= 0.3 is 0 Å². The van der Waals surface area contributed by atoms with Crippen LogP contribution in [0.5, 0.6) is 0 Å². The number of piperidine rings is 1. The SMILES string of the molecule is O=C(NN1CCCCC1)c1ccc2c(c1)CCCC2. The van der Waals surface area contributed by atoms with Gasteiger partial charge in [0.05, 0.1) is 0 Å². The Morgan fingerprint density at radius 1 is 0.947 bits per heavy atom. The van der Waals surface area contributed by atoms with Crippen LogP contribution >= 0.6 is 0 Å². The summed E-state index contributed by atoms with van der Waals surface area (Å²) >= 11 is 0. The van der Waals surface area contributed by atoms with Crippen molar-refractivity contribution < 1.29 is 4.79 Å². The van der Waals surface area contributed by atoms with Gasteiger partial charge in [0, 0.05) is 18.7 Å². The first-order valence-corrected chi connectivity index (χ1v) is 7.51. The Morgan fingerprint density at radius 2 is 1.68 bits per heavy atom. The van der Waals surface area contributed by atoms with E-state index in [0.717, 1.165) is 25.1 Å². The minimum absolute atomic E-state index is 0.0512. The van der Waals surface area contributed by atoms with Crippen LogP contribution in [0.3, 0.4) is 0 Å². The Morgan fingerprint density at radius 3 is 2.47 bits per heavy atom. The average molecular weight is 258 g/mol. The molecule has 1 aromatic rings. The molecule has 1 heterocycles. The van der Waals surface area contributed by atoms with E-state index in [9.17, 15) is 4.79 Å². The van der Waals surface area contributed by atoms with Gasteiger partial charge in [0.15, 0.2) is 0 Å². The minimum atomic E-state index is 0.0512. The zero-order valence-corrected chi connectivity index (χ0v) is 11.5. The van der Waals surface area contributed by atoms with Crippen molar-refractivity contribution in [3.63, 3.8) is 0 Å². The van der Waals surface area contributed by atoms with Crippen LogP contribution in [-0.2, 0) is 12.8 Å². The molecule has 1 saturated heterocycles. The number of hydrogen-bond donors (Lipinski definition) is 1. The Labute approximate surface area is 115 Å². The molecule has 3 nitrogen and oxygen atoms in total. The third kappa shape index (κ3) is 2.98. The van der Waals surface area contributed by atoms with Gasteiger partial charge < -0.3 is 0 Å². The van der Waals surface area contributed by atoms with Crippen molar-refractivity contribution in [2.45, 2.75) is 44.9 Å². The summed E-state index contributed by atoms with van der Waals surface area (Å²) in [6.07, 6.45) is 8.49. The Hall–Kier alpha value is -1.35. The number of fused-ring (bicyclic) bond motifs is 1. The van der Waals surface area contributed by atoms with Gasteiger partial charge in [-0.3, -0.25) is 10.2 Å². The molecular weight excluding hydrogens is 236 g/mol. The van der Waals surface area contributed by atoms with Gasteiger partial charge in [0.2, 0.25) is 0 Å². The lowest BCUT2D eigenvalue weighted by Gasteiger charge is -2.27. The molecule has 0 unspecified atom stereocenters. The molecular formula is C16H22N2O. The molecule has 1 aliphatic carbocycles. The van der Waals surface area contributed by atoms with Crippen LogP contribution in [-0.4, -0.2) is 24.0 Å². The fraction of sp³-hybridized carbons (Fsp3) is 0.562. The first-order chi connectivity index (χ1) is 9.33. The summed E-state index contributed by atoms with van der Waals surface area (Å²) in [7, 11) is 0. The van der Waals surface area contributed by atoms with E-state index in [1.807, 2.05) is 6.07 Å². The second-order valence-electron chi connectivity index (χ2n) is 5.68. The molecule has 1 amide bonds. The standard InChI is InChI=1S/C16H22N2O/c19-16(17-18-10-4-1-5-11-18)15-9-8-13-6-2-3-7-14(13)12-15/h8-9,12H,1-7,10-11H2,(H,17,19). The second-order valence-corrected chi connectivity index (χ2v) is 5.68. The van der Waals surface area contributed by atoms with Gasteiger partial charge in [-0.25, -0.2) is 5.01 Å². The van der Waals surface area contributed by atoms with E-state index in [1.54, 1.807) is 0 Å². The highest BCUT2D eigenvalue weighted by Gasteiger charge is 2.16. The molecule has 1 N–H and O–H groups in total. The summed E-state index contributed by atoms with van der Waals surface area (Å²) in [4.78, 5) is 12.2. The predicted octanol–water partition coefficient (Wildman–Crippen LogP) is 2.70. The highest BCUT2D eigenvalue weighted by molar-refractivity contribution is 5.94. The van der Waals surface area contributed by atoms with Crippen molar-refractivity contribution in [1.29, 1.82) is 0 Å². The topological polar surface area (TPSA) is 32.3 Å². The Bertz CT molecular complexity index is 464. The van der Waals surface area contributed by atoms with Gasteiger partial charge in [-0.2, -0.15) is 0 Å². The van der Waals surface area contributed by atoms with Crippen LogP contribution in [0.15, 0.2) is 18.2 Å². The number of amides is 1. The zero-order valence-electron chi connectivity index (χ0n) is 11.5. The van der Waals surface area contributed by atoms with Crippen LogP contribution < -0.4 is 5.43 Å². The molecule has 0 radical (unpaired) electrons. The monoisotopic (exact) mass is 258 g/mol. The molecule has 1 fully saturated rings. The normalized spacial score (nSPS) is 19.8. The molecule has 3 rings (SSSR count). The van der Waals surface area contributed by atoms with Crippen molar-refractivity contribution in [3.8, 4) is 0 Å². The number of carbonyl (C=O) groups excluding carboxylic acids is 1. The lowest BCUT2D eigenvalue weighted by atomic mass is 9.90. The number of aryl methyl sites for hydroxylation is 2. The molecule has 2 aliphatic rings. The van der Waals surface area contributed by atoms with Crippen LogP contribution in [0, 0.1) is 0 Å². The third-order valence-electron chi connectivity index (χ3n) is 4.23. The summed E-state index contributed by atoms with van der Waals surface area (Å²) in [5.74, 6) is 0.0512. The van der Waals surface area contributed by atoms with Gasteiger partial charge in [-0.05, 0) is 61.8 Å². The quantitative estimate of drug-likeness (QED) is 0.884. The first-order valence-electron chi connectivity index (χ1n) is 7.51. The lowest BCUT2D eigenvalue weighted by molar-refractivity contribution is 0.0750. The fourth-order valence-corrected chi connectivity index (χ4v) is 3.09. The van der Waals surface area contributed by atoms with Gasteiger partial charge in [-0.15, -0.1) is 0 Å². The number of hydrogen-bond acceptors (Lipinski definition) is 2. The summed E-state index contributed by atoms with van der Waals surface area (Å²) in [5.41, 5.74) is 6.65. The molecule has 102 valence electrons. The highest BCUT2D eigenvalue weighted by Crippen LogP contribution is 2.22. The molecule has 1 aromatic carbocycles. The molecule has 0 aromatic heterocycles. The second kappa shape index (κ2) is 5.74. The summed E-state index contributed by atoms with van der Waals surface area (Å²) in [6, 6.07) is 6.21. The third-order valence-corrected chi connectivity index (χ3v) is 4.23. The maximum absolute atomic E-state index is 12.2. The largest absolute Gasteiger partial charge is 0.285 e. The van der Waals surface area contributed by atoms with E-state index < -0.39 is 0 Å². The number of nitrogens with one attached hydrogen (secondary N) is 1. The molecule has 0 saturated carbocycles. The fourth-order valence-electron chi connectivity index (χ4n) is 3.09. The number of rotatable bonds is 2. The summed E-state index contributed by atoms with van der Waals surface area (Å²) in [5, 5.41) is 2.06. The van der Waals surface area contributed by atoms with E-state index in [2.05, 4.69) is 22.6 Å².